The van der Waals surface area contributed by atoms with Gasteiger partial charge in [-0.3, -0.25) is 14.8 Å². The molecule has 0 aliphatic carbocycles. The number of likely N-dealkylation sites (tertiary alicyclic amines) is 1. The highest BCUT2D eigenvalue weighted by atomic mass is 19.4. The molecular weight excluding hydrogens is 359 g/mol. The molecule has 2 rings (SSSR count). The van der Waals surface area contributed by atoms with E-state index < -0.39 is 12.7 Å². The van der Waals surface area contributed by atoms with Crippen LogP contribution in [0.25, 0.3) is 0 Å². The zero-order chi connectivity index (χ0) is 19.9. The third-order valence-electron chi connectivity index (χ3n) is 5.05. The second kappa shape index (κ2) is 10.5. The van der Waals surface area contributed by atoms with Gasteiger partial charge in [-0.05, 0) is 18.8 Å². The maximum Gasteiger partial charge on any atom is 0.401 e. The Bertz CT molecular complexity index is 466. The van der Waals surface area contributed by atoms with E-state index in [0.29, 0.717) is 37.4 Å². The first-order valence-corrected chi connectivity index (χ1v) is 9.85. The van der Waals surface area contributed by atoms with Crippen molar-refractivity contribution >= 4 is 5.96 Å². The van der Waals surface area contributed by atoms with E-state index in [4.69, 9.17) is 4.74 Å². The maximum atomic E-state index is 12.5. The Kier molecular flexibility index (Phi) is 8.62. The number of hydrogen-bond acceptors (Lipinski definition) is 4. The van der Waals surface area contributed by atoms with Gasteiger partial charge in [0.1, 0.15) is 0 Å². The summed E-state index contributed by atoms with van der Waals surface area (Å²) in [6, 6.07) is 0.378. The molecule has 0 bridgehead atoms. The first-order chi connectivity index (χ1) is 12.8. The molecule has 9 heteroatoms. The van der Waals surface area contributed by atoms with Crippen molar-refractivity contribution in [1.29, 1.82) is 0 Å². The maximum absolute atomic E-state index is 12.5. The van der Waals surface area contributed by atoms with Gasteiger partial charge in [-0.2, -0.15) is 13.2 Å². The summed E-state index contributed by atoms with van der Waals surface area (Å²) in [4.78, 5) is 8.15. The second-order valence-corrected chi connectivity index (χ2v) is 7.87. The van der Waals surface area contributed by atoms with Crippen molar-refractivity contribution in [2.24, 2.45) is 10.9 Å². The third-order valence-corrected chi connectivity index (χ3v) is 5.05. The van der Waals surface area contributed by atoms with Crippen LogP contribution in [0.4, 0.5) is 13.2 Å². The van der Waals surface area contributed by atoms with Crippen LogP contribution in [0.15, 0.2) is 4.99 Å². The van der Waals surface area contributed by atoms with Crippen molar-refractivity contribution in [2.75, 3.05) is 59.5 Å². The van der Waals surface area contributed by atoms with Crippen LogP contribution in [0.2, 0.25) is 0 Å². The predicted octanol–water partition coefficient (Wildman–Crippen LogP) is 1.53. The molecule has 2 aliphatic rings. The van der Waals surface area contributed by atoms with E-state index in [2.05, 4.69) is 34.4 Å². The molecule has 0 saturated carbocycles. The molecular formula is C18H34F3N5O. The van der Waals surface area contributed by atoms with Crippen LogP contribution >= 0.6 is 0 Å². The minimum atomic E-state index is -4.14. The lowest BCUT2D eigenvalue weighted by atomic mass is 10.0. The van der Waals surface area contributed by atoms with E-state index >= 15 is 0 Å². The van der Waals surface area contributed by atoms with Crippen LogP contribution in [0, 0.1) is 5.92 Å². The fourth-order valence-electron chi connectivity index (χ4n) is 3.80. The van der Waals surface area contributed by atoms with Crippen LogP contribution in [0.3, 0.4) is 0 Å². The molecule has 2 heterocycles. The van der Waals surface area contributed by atoms with E-state index in [1.54, 1.807) is 7.05 Å². The Morgan fingerprint density at radius 1 is 1.22 bits per heavy atom. The average Bonchev–Trinajstić information content (AvgIpc) is 3.02. The van der Waals surface area contributed by atoms with Crippen LogP contribution < -0.4 is 10.6 Å². The van der Waals surface area contributed by atoms with Crippen molar-refractivity contribution in [2.45, 2.75) is 44.9 Å². The smallest absolute Gasteiger partial charge is 0.379 e. The predicted molar refractivity (Wildman–Crippen MR) is 101 cm³/mol. The van der Waals surface area contributed by atoms with E-state index in [9.17, 15) is 13.2 Å². The van der Waals surface area contributed by atoms with Gasteiger partial charge in [0.15, 0.2) is 5.96 Å². The molecule has 2 atom stereocenters. The lowest BCUT2D eigenvalue weighted by Crippen LogP contribution is -2.52. The Balaban J connectivity index is 1.81. The second-order valence-electron chi connectivity index (χ2n) is 7.87. The van der Waals surface area contributed by atoms with E-state index in [1.165, 1.54) is 4.90 Å². The Morgan fingerprint density at radius 2 is 1.93 bits per heavy atom. The first-order valence-electron chi connectivity index (χ1n) is 9.85. The van der Waals surface area contributed by atoms with E-state index in [1.807, 2.05) is 0 Å². The molecule has 158 valence electrons. The topological polar surface area (TPSA) is 52.1 Å². The molecule has 0 aromatic heterocycles. The van der Waals surface area contributed by atoms with Crippen molar-refractivity contribution in [3.8, 4) is 0 Å². The number of halogens is 3. The van der Waals surface area contributed by atoms with Gasteiger partial charge in [-0.15, -0.1) is 0 Å². The lowest BCUT2D eigenvalue weighted by Gasteiger charge is -2.36. The highest BCUT2D eigenvalue weighted by molar-refractivity contribution is 5.80. The molecule has 2 fully saturated rings. The fraction of sp³-hybridized carbons (Fsp3) is 0.944. The van der Waals surface area contributed by atoms with Gasteiger partial charge < -0.3 is 15.4 Å². The summed E-state index contributed by atoms with van der Waals surface area (Å²) in [5, 5.41) is 6.66. The molecule has 0 aromatic rings. The third kappa shape index (κ3) is 8.23. The summed E-state index contributed by atoms with van der Waals surface area (Å²) >= 11 is 0. The number of morpholine rings is 1. The van der Waals surface area contributed by atoms with Crippen LogP contribution in [-0.4, -0.2) is 93.5 Å². The molecule has 2 unspecified atom stereocenters. The molecule has 6 nitrogen and oxygen atoms in total. The zero-order valence-electron chi connectivity index (χ0n) is 16.7. The Morgan fingerprint density at radius 3 is 2.52 bits per heavy atom. The molecule has 0 aromatic carbocycles. The van der Waals surface area contributed by atoms with Crippen LogP contribution in [0.1, 0.15) is 26.7 Å². The number of hydrogen-bond donors (Lipinski definition) is 2. The highest BCUT2D eigenvalue weighted by Crippen LogP contribution is 2.20. The SMILES string of the molecule is CN=C(NCC(CC(C)C)N1CCOCC1)NC1CCN(CC(F)(F)F)C1. The summed E-state index contributed by atoms with van der Waals surface area (Å²) in [7, 11) is 1.70. The van der Waals surface area contributed by atoms with Gasteiger partial charge >= 0.3 is 6.18 Å². The number of nitrogens with zero attached hydrogens (tertiary/aromatic N) is 3. The first kappa shape index (κ1) is 22.2. The van der Waals surface area contributed by atoms with Gasteiger partial charge in [-0.1, -0.05) is 13.8 Å². The van der Waals surface area contributed by atoms with Gasteiger partial charge in [0.25, 0.3) is 0 Å². The number of guanidine groups is 1. The number of ether oxygens (including phenoxy) is 1. The fourth-order valence-corrected chi connectivity index (χ4v) is 3.80. The van der Waals surface area contributed by atoms with Crippen molar-refractivity contribution in [3.05, 3.63) is 0 Å². The summed E-state index contributed by atoms with van der Waals surface area (Å²) < 4.78 is 43.1. The average molecular weight is 393 g/mol. The molecule has 2 aliphatic heterocycles. The molecule has 27 heavy (non-hydrogen) atoms. The molecule has 2 saturated heterocycles. The van der Waals surface area contributed by atoms with Crippen LogP contribution in [0.5, 0.6) is 0 Å². The molecule has 0 amide bonds. The largest absolute Gasteiger partial charge is 0.401 e. The summed E-state index contributed by atoms with van der Waals surface area (Å²) in [6.07, 6.45) is -2.38. The van der Waals surface area contributed by atoms with Crippen molar-refractivity contribution in [3.63, 3.8) is 0 Å². The quantitative estimate of drug-likeness (QED) is 0.508. The molecule has 0 radical (unpaired) electrons. The summed E-state index contributed by atoms with van der Waals surface area (Å²) in [5.41, 5.74) is 0. The van der Waals surface area contributed by atoms with Gasteiger partial charge in [0.05, 0.1) is 19.8 Å². The normalized spacial score (nSPS) is 24.4. The van der Waals surface area contributed by atoms with Crippen LogP contribution in [-0.2, 0) is 4.74 Å². The highest BCUT2D eigenvalue weighted by Gasteiger charge is 2.34. The minimum Gasteiger partial charge on any atom is -0.379 e. The number of alkyl halides is 3. The minimum absolute atomic E-state index is 0.00881. The molecule has 0 spiro atoms. The van der Waals surface area contributed by atoms with E-state index in [-0.39, 0.29) is 6.04 Å². The lowest BCUT2D eigenvalue weighted by molar-refractivity contribution is -0.143. The van der Waals surface area contributed by atoms with E-state index in [0.717, 1.165) is 39.3 Å². The van der Waals surface area contributed by atoms with Gasteiger partial charge in [0.2, 0.25) is 0 Å². The van der Waals surface area contributed by atoms with Crippen molar-refractivity contribution < 1.29 is 17.9 Å². The number of rotatable bonds is 7. The monoisotopic (exact) mass is 393 g/mol. The van der Waals surface area contributed by atoms with Gasteiger partial charge in [0, 0.05) is 51.9 Å². The summed E-state index contributed by atoms with van der Waals surface area (Å²) in [6.45, 7) is 8.58. The Hall–Kier alpha value is -1.06. The number of aliphatic imine (C=N–C) groups is 1. The summed E-state index contributed by atoms with van der Waals surface area (Å²) in [5.74, 6) is 1.25. The van der Waals surface area contributed by atoms with Gasteiger partial charge in [-0.25, -0.2) is 0 Å². The molecule has 2 N–H and O–H groups in total. The zero-order valence-corrected chi connectivity index (χ0v) is 16.7. The Labute approximate surface area is 160 Å². The van der Waals surface area contributed by atoms with Crippen molar-refractivity contribution in [1.82, 2.24) is 20.4 Å². The number of nitrogens with one attached hydrogen (secondary N) is 2. The standard InChI is InChI=1S/C18H34F3N5O/c1-14(2)10-16(26-6-8-27-9-7-26)11-23-17(22-3)24-15-4-5-25(12-15)13-18(19,20)21/h14-16H,4-13H2,1-3H3,(H2,22,23,24).